The van der Waals surface area contributed by atoms with Crippen molar-refractivity contribution in [3.05, 3.63) is 18.2 Å². The van der Waals surface area contributed by atoms with Crippen LogP contribution in [0.4, 0.5) is 11.4 Å². The second kappa shape index (κ2) is 6.74. The van der Waals surface area contributed by atoms with Gasteiger partial charge in [0.05, 0.1) is 12.3 Å². The van der Waals surface area contributed by atoms with Gasteiger partial charge in [-0.15, -0.1) is 0 Å². The van der Waals surface area contributed by atoms with Gasteiger partial charge in [-0.25, -0.2) is 13.1 Å². The maximum atomic E-state index is 12.0. The Bertz CT molecular complexity index is 517. The minimum absolute atomic E-state index is 0.188. The number of hydrogen-bond acceptors (Lipinski definition) is 5. The lowest BCUT2D eigenvalue weighted by molar-refractivity contribution is 0.205. The molecule has 0 aliphatic heterocycles. The third kappa shape index (κ3) is 3.82. The van der Waals surface area contributed by atoms with E-state index < -0.39 is 10.0 Å². The van der Waals surface area contributed by atoms with E-state index in [1.807, 2.05) is 11.8 Å². The molecular formula is C12H21N3O3S. The molecule has 0 saturated carbocycles. The van der Waals surface area contributed by atoms with E-state index in [2.05, 4.69) is 4.72 Å². The lowest BCUT2D eigenvalue weighted by Crippen LogP contribution is -2.30. The molecule has 0 atom stereocenters. The number of methoxy groups -OCH3 is 1. The zero-order chi connectivity index (χ0) is 14.5. The van der Waals surface area contributed by atoms with Gasteiger partial charge in [0.2, 0.25) is 10.0 Å². The molecule has 0 unspecified atom stereocenters. The summed E-state index contributed by atoms with van der Waals surface area (Å²) < 4.78 is 31.4. The molecule has 0 radical (unpaired) electrons. The molecule has 19 heavy (non-hydrogen) atoms. The van der Waals surface area contributed by atoms with Crippen molar-refractivity contribution < 1.29 is 13.2 Å². The molecular weight excluding hydrogens is 266 g/mol. The molecule has 0 aliphatic carbocycles. The number of nitrogens with one attached hydrogen (secondary N) is 1. The third-order valence-electron chi connectivity index (χ3n) is 2.83. The Morgan fingerprint density at radius 3 is 2.63 bits per heavy atom. The Morgan fingerprint density at radius 2 is 2.11 bits per heavy atom. The summed E-state index contributed by atoms with van der Waals surface area (Å²) in [5, 5.41) is 0. The van der Waals surface area contributed by atoms with Gasteiger partial charge in [0, 0.05) is 25.9 Å². The van der Waals surface area contributed by atoms with Crippen molar-refractivity contribution in [3.8, 4) is 0 Å². The van der Waals surface area contributed by atoms with Crippen LogP contribution < -0.4 is 15.4 Å². The number of nitrogen functional groups attached to an aromatic ring is 1. The molecule has 108 valence electrons. The second-order valence-electron chi connectivity index (χ2n) is 4.01. The van der Waals surface area contributed by atoms with Crippen LogP contribution in [0.3, 0.4) is 0 Å². The van der Waals surface area contributed by atoms with Gasteiger partial charge in [0.15, 0.2) is 0 Å². The molecule has 0 spiro atoms. The van der Waals surface area contributed by atoms with Crippen molar-refractivity contribution in [1.29, 1.82) is 0 Å². The van der Waals surface area contributed by atoms with Crippen LogP contribution in [-0.2, 0) is 14.8 Å². The van der Waals surface area contributed by atoms with Gasteiger partial charge in [-0.3, -0.25) is 0 Å². The fourth-order valence-electron chi connectivity index (χ4n) is 1.77. The van der Waals surface area contributed by atoms with E-state index in [1.165, 1.54) is 13.1 Å². The summed E-state index contributed by atoms with van der Waals surface area (Å²) in [5.41, 5.74) is 6.73. The summed E-state index contributed by atoms with van der Waals surface area (Å²) in [6.07, 6.45) is 0. The first-order chi connectivity index (χ1) is 8.96. The van der Waals surface area contributed by atoms with Crippen molar-refractivity contribution in [2.75, 3.05) is 44.5 Å². The van der Waals surface area contributed by atoms with E-state index in [9.17, 15) is 8.42 Å². The number of nitrogens with two attached hydrogens (primary N) is 1. The highest BCUT2D eigenvalue weighted by molar-refractivity contribution is 7.89. The quantitative estimate of drug-likeness (QED) is 0.719. The van der Waals surface area contributed by atoms with Crippen molar-refractivity contribution in [1.82, 2.24) is 4.72 Å². The van der Waals surface area contributed by atoms with Gasteiger partial charge in [0.25, 0.3) is 0 Å². The third-order valence-corrected chi connectivity index (χ3v) is 4.27. The van der Waals surface area contributed by atoms with Crippen molar-refractivity contribution >= 4 is 21.4 Å². The van der Waals surface area contributed by atoms with Gasteiger partial charge in [0.1, 0.15) is 4.90 Å². The van der Waals surface area contributed by atoms with Gasteiger partial charge in [-0.2, -0.15) is 0 Å². The smallest absolute Gasteiger partial charge is 0.242 e. The highest BCUT2D eigenvalue weighted by Gasteiger charge is 2.20. The van der Waals surface area contributed by atoms with Crippen LogP contribution in [-0.4, -0.2) is 42.3 Å². The Labute approximate surface area is 114 Å². The standard InChI is InChI=1S/C12H21N3O3S/c1-4-15(7-8-18-3)11-6-5-10(13)9-12(11)19(16,17)14-2/h5-6,9,14H,4,7-8,13H2,1-3H3. The molecule has 0 amide bonds. The first kappa shape index (κ1) is 15.7. The SMILES string of the molecule is CCN(CCOC)c1ccc(N)cc1S(=O)(=O)NC. The topological polar surface area (TPSA) is 84.7 Å². The summed E-state index contributed by atoms with van der Waals surface area (Å²) in [5.74, 6) is 0. The Kier molecular flexibility index (Phi) is 5.59. The zero-order valence-electron chi connectivity index (χ0n) is 11.5. The fourth-order valence-corrected chi connectivity index (χ4v) is 2.75. The van der Waals surface area contributed by atoms with E-state index >= 15 is 0 Å². The number of ether oxygens (including phenoxy) is 1. The summed E-state index contributed by atoms with van der Waals surface area (Å²) in [6, 6.07) is 4.88. The van der Waals surface area contributed by atoms with Crippen LogP contribution in [0.25, 0.3) is 0 Å². The number of hydrogen-bond donors (Lipinski definition) is 2. The van der Waals surface area contributed by atoms with Crippen LogP contribution in [0.5, 0.6) is 0 Å². The highest BCUT2D eigenvalue weighted by Crippen LogP contribution is 2.27. The largest absolute Gasteiger partial charge is 0.399 e. The van der Waals surface area contributed by atoms with Crippen molar-refractivity contribution in [2.45, 2.75) is 11.8 Å². The van der Waals surface area contributed by atoms with Gasteiger partial charge in [-0.05, 0) is 32.2 Å². The fraction of sp³-hybridized carbons (Fsp3) is 0.500. The maximum absolute atomic E-state index is 12.0. The average Bonchev–Trinajstić information content (AvgIpc) is 2.40. The van der Waals surface area contributed by atoms with Crippen LogP contribution in [0.2, 0.25) is 0 Å². The lowest BCUT2D eigenvalue weighted by Gasteiger charge is -2.25. The van der Waals surface area contributed by atoms with Crippen LogP contribution in [0.15, 0.2) is 23.1 Å². The van der Waals surface area contributed by atoms with Crippen LogP contribution in [0.1, 0.15) is 6.92 Å². The number of anilines is 2. The molecule has 6 nitrogen and oxygen atoms in total. The Hall–Kier alpha value is -1.31. The average molecular weight is 287 g/mol. The minimum atomic E-state index is -3.54. The lowest BCUT2D eigenvalue weighted by atomic mass is 10.2. The van der Waals surface area contributed by atoms with Gasteiger partial charge >= 0.3 is 0 Å². The second-order valence-corrected chi connectivity index (χ2v) is 5.86. The monoisotopic (exact) mass is 287 g/mol. The molecule has 0 saturated heterocycles. The van der Waals surface area contributed by atoms with E-state index in [4.69, 9.17) is 10.5 Å². The summed E-state index contributed by atoms with van der Waals surface area (Å²) in [7, 11) is -0.548. The molecule has 0 heterocycles. The van der Waals surface area contributed by atoms with Gasteiger partial charge < -0.3 is 15.4 Å². The van der Waals surface area contributed by atoms with Crippen molar-refractivity contribution in [3.63, 3.8) is 0 Å². The molecule has 0 fully saturated rings. The Morgan fingerprint density at radius 1 is 1.42 bits per heavy atom. The minimum Gasteiger partial charge on any atom is -0.399 e. The first-order valence-corrected chi connectivity index (χ1v) is 7.51. The summed E-state index contributed by atoms with van der Waals surface area (Å²) in [4.78, 5) is 2.13. The van der Waals surface area contributed by atoms with Gasteiger partial charge in [-0.1, -0.05) is 0 Å². The number of benzene rings is 1. The van der Waals surface area contributed by atoms with Crippen LogP contribution in [0, 0.1) is 0 Å². The number of sulfonamides is 1. The van der Waals surface area contributed by atoms with E-state index in [1.54, 1.807) is 19.2 Å². The molecule has 0 aliphatic rings. The zero-order valence-corrected chi connectivity index (χ0v) is 12.3. The predicted molar refractivity (Wildman–Crippen MR) is 76.9 cm³/mol. The highest BCUT2D eigenvalue weighted by atomic mass is 32.2. The van der Waals surface area contributed by atoms with Crippen LogP contribution >= 0.6 is 0 Å². The molecule has 3 N–H and O–H groups in total. The molecule has 7 heteroatoms. The maximum Gasteiger partial charge on any atom is 0.242 e. The summed E-state index contributed by atoms with van der Waals surface area (Å²) >= 11 is 0. The normalized spacial score (nSPS) is 11.5. The first-order valence-electron chi connectivity index (χ1n) is 6.03. The van der Waals surface area contributed by atoms with E-state index in [0.29, 0.717) is 31.1 Å². The number of rotatable bonds is 7. The van der Waals surface area contributed by atoms with E-state index in [-0.39, 0.29) is 4.90 Å². The Balaban J connectivity index is 3.26. The molecule has 1 rings (SSSR count). The summed E-state index contributed by atoms with van der Waals surface area (Å²) in [6.45, 7) is 3.78. The predicted octanol–water partition coefficient (Wildman–Crippen LogP) is 0.650. The molecule has 1 aromatic rings. The number of likely N-dealkylation sites (N-methyl/N-ethyl adjacent to an activating group) is 1. The molecule has 0 aromatic heterocycles. The molecule has 1 aromatic carbocycles. The van der Waals surface area contributed by atoms with Crippen molar-refractivity contribution in [2.24, 2.45) is 0 Å². The molecule has 0 bridgehead atoms. The number of nitrogens with zero attached hydrogens (tertiary/aromatic N) is 1. The van der Waals surface area contributed by atoms with E-state index in [0.717, 1.165) is 0 Å².